The summed E-state index contributed by atoms with van der Waals surface area (Å²) >= 11 is 0. The van der Waals surface area contributed by atoms with Gasteiger partial charge in [0.2, 0.25) is 0 Å². The highest BCUT2D eigenvalue weighted by Crippen LogP contribution is 2.24. The molecule has 0 bridgehead atoms. The third-order valence-electron chi connectivity index (χ3n) is 2.67. The Labute approximate surface area is 118 Å². The number of aromatic nitrogens is 1. The molecule has 1 heterocycles. The molecule has 2 N–H and O–H groups in total. The van der Waals surface area contributed by atoms with Crippen LogP contribution in [0.5, 0.6) is 5.75 Å². The van der Waals surface area contributed by atoms with E-state index < -0.39 is 0 Å². The highest BCUT2D eigenvalue weighted by atomic mass is 16.5. The summed E-state index contributed by atoms with van der Waals surface area (Å²) in [4.78, 5) is 16.4. The zero-order valence-corrected chi connectivity index (χ0v) is 11.5. The highest BCUT2D eigenvalue weighted by Gasteiger charge is 2.11. The molecular formula is C15H17N3O2. The maximum Gasteiger partial charge on any atom is 0.274 e. The van der Waals surface area contributed by atoms with Crippen molar-refractivity contribution in [2.45, 2.75) is 6.92 Å². The fourth-order valence-corrected chi connectivity index (χ4v) is 1.74. The van der Waals surface area contributed by atoms with Crippen molar-refractivity contribution in [3.8, 4) is 5.75 Å². The molecule has 0 aliphatic carbocycles. The molecule has 0 unspecified atom stereocenters. The molecule has 2 rings (SSSR count). The molecule has 104 valence electrons. The van der Waals surface area contributed by atoms with Gasteiger partial charge in [-0.25, -0.2) is 4.98 Å². The Balaban J connectivity index is 2.19. The van der Waals surface area contributed by atoms with E-state index in [0.717, 1.165) is 0 Å². The normalized spacial score (nSPS) is 9.90. The summed E-state index contributed by atoms with van der Waals surface area (Å²) in [5, 5.41) is 5.71. The Morgan fingerprint density at radius 3 is 2.75 bits per heavy atom. The summed E-state index contributed by atoms with van der Waals surface area (Å²) < 4.78 is 5.47. The average Bonchev–Trinajstić information content (AvgIpc) is 2.49. The Kier molecular flexibility index (Phi) is 4.55. The van der Waals surface area contributed by atoms with Crippen molar-refractivity contribution < 1.29 is 9.53 Å². The number of hydrogen-bond donors (Lipinski definition) is 2. The summed E-state index contributed by atoms with van der Waals surface area (Å²) in [5.41, 5.74) is 0.985. The molecule has 1 aromatic heterocycles. The van der Waals surface area contributed by atoms with Gasteiger partial charge in [0.15, 0.2) is 0 Å². The number of anilines is 2. The van der Waals surface area contributed by atoms with Crippen molar-refractivity contribution in [3.05, 3.63) is 48.2 Å². The Morgan fingerprint density at radius 2 is 2.00 bits per heavy atom. The first-order valence-corrected chi connectivity index (χ1v) is 6.42. The fourth-order valence-electron chi connectivity index (χ4n) is 1.74. The molecule has 5 nitrogen and oxygen atoms in total. The van der Waals surface area contributed by atoms with Gasteiger partial charge in [-0.15, -0.1) is 0 Å². The van der Waals surface area contributed by atoms with Gasteiger partial charge in [0.1, 0.15) is 17.3 Å². The van der Waals surface area contributed by atoms with E-state index in [4.69, 9.17) is 4.74 Å². The van der Waals surface area contributed by atoms with E-state index in [2.05, 4.69) is 15.6 Å². The van der Waals surface area contributed by atoms with Gasteiger partial charge in [0.05, 0.1) is 12.3 Å². The zero-order chi connectivity index (χ0) is 14.4. The number of carbonyl (C=O) groups is 1. The number of hydrogen-bond acceptors (Lipinski definition) is 4. The van der Waals surface area contributed by atoms with Crippen molar-refractivity contribution in [2.24, 2.45) is 0 Å². The lowest BCUT2D eigenvalue weighted by Gasteiger charge is -2.11. The minimum absolute atomic E-state index is 0.269. The van der Waals surface area contributed by atoms with Crippen LogP contribution in [0.3, 0.4) is 0 Å². The van der Waals surface area contributed by atoms with Crippen molar-refractivity contribution in [1.82, 2.24) is 4.98 Å². The van der Waals surface area contributed by atoms with Crippen molar-refractivity contribution in [2.75, 3.05) is 24.3 Å². The monoisotopic (exact) mass is 271 g/mol. The van der Waals surface area contributed by atoms with Crippen LogP contribution in [-0.4, -0.2) is 24.5 Å². The standard InChI is InChI=1S/C15H17N3O2/c1-3-20-13-9-5-4-7-11(13)18-15(19)12-8-6-10-14(16-2)17-12/h4-10H,3H2,1-2H3,(H,16,17)(H,18,19). The number of pyridine rings is 1. The molecule has 0 saturated carbocycles. The molecule has 1 amide bonds. The van der Waals surface area contributed by atoms with Gasteiger partial charge in [-0.3, -0.25) is 4.79 Å². The summed E-state index contributed by atoms with van der Waals surface area (Å²) in [6.07, 6.45) is 0. The minimum atomic E-state index is -0.269. The molecular weight excluding hydrogens is 254 g/mol. The van der Waals surface area contributed by atoms with E-state index in [9.17, 15) is 4.79 Å². The number of amides is 1. The number of benzene rings is 1. The predicted molar refractivity (Wildman–Crippen MR) is 79.3 cm³/mol. The summed E-state index contributed by atoms with van der Waals surface area (Å²) in [6.45, 7) is 2.44. The first-order valence-electron chi connectivity index (χ1n) is 6.42. The summed E-state index contributed by atoms with van der Waals surface area (Å²) in [6, 6.07) is 12.6. The first kappa shape index (κ1) is 13.9. The molecule has 1 aromatic carbocycles. The maximum atomic E-state index is 12.2. The van der Waals surface area contributed by atoms with Gasteiger partial charge < -0.3 is 15.4 Å². The largest absolute Gasteiger partial charge is 0.492 e. The Morgan fingerprint density at radius 1 is 1.20 bits per heavy atom. The van der Waals surface area contributed by atoms with Gasteiger partial charge in [0, 0.05) is 7.05 Å². The minimum Gasteiger partial charge on any atom is -0.492 e. The van der Waals surface area contributed by atoms with Crippen LogP contribution < -0.4 is 15.4 Å². The van der Waals surface area contributed by atoms with Gasteiger partial charge in [-0.05, 0) is 31.2 Å². The lowest BCUT2D eigenvalue weighted by Crippen LogP contribution is -2.15. The Hall–Kier alpha value is -2.56. The molecule has 0 radical (unpaired) electrons. The van der Waals surface area contributed by atoms with Crippen LogP contribution in [0.2, 0.25) is 0 Å². The second-order valence-electron chi connectivity index (χ2n) is 4.04. The van der Waals surface area contributed by atoms with E-state index in [1.807, 2.05) is 25.1 Å². The topological polar surface area (TPSA) is 63.2 Å². The Bertz CT molecular complexity index is 599. The molecule has 0 aliphatic rings. The fraction of sp³-hybridized carbons (Fsp3) is 0.200. The van der Waals surface area contributed by atoms with Gasteiger partial charge in [-0.2, -0.15) is 0 Å². The number of rotatable bonds is 5. The molecule has 0 fully saturated rings. The summed E-state index contributed by atoms with van der Waals surface area (Å²) in [7, 11) is 1.76. The van der Waals surface area contributed by atoms with E-state index in [-0.39, 0.29) is 5.91 Å². The molecule has 0 atom stereocenters. The van der Waals surface area contributed by atoms with Gasteiger partial charge in [-0.1, -0.05) is 18.2 Å². The molecule has 20 heavy (non-hydrogen) atoms. The van der Waals surface area contributed by atoms with E-state index in [1.54, 1.807) is 31.3 Å². The molecule has 2 aromatic rings. The van der Waals surface area contributed by atoms with Crippen LogP contribution in [0.25, 0.3) is 0 Å². The number of nitrogens with zero attached hydrogens (tertiary/aromatic N) is 1. The van der Waals surface area contributed by atoms with Crippen LogP contribution in [0.1, 0.15) is 17.4 Å². The predicted octanol–water partition coefficient (Wildman–Crippen LogP) is 2.77. The zero-order valence-electron chi connectivity index (χ0n) is 11.5. The highest BCUT2D eigenvalue weighted by molar-refractivity contribution is 6.03. The second kappa shape index (κ2) is 6.56. The van der Waals surface area contributed by atoms with E-state index >= 15 is 0 Å². The lowest BCUT2D eigenvalue weighted by atomic mass is 10.2. The van der Waals surface area contributed by atoms with Crippen molar-refractivity contribution in [3.63, 3.8) is 0 Å². The molecule has 0 aliphatic heterocycles. The van der Waals surface area contributed by atoms with Crippen LogP contribution in [0.15, 0.2) is 42.5 Å². The van der Waals surface area contributed by atoms with Crippen LogP contribution in [0, 0.1) is 0 Å². The number of para-hydroxylation sites is 2. The average molecular weight is 271 g/mol. The first-order chi connectivity index (χ1) is 9.74. The van der Waals surface area contributed by atoms with Crippen LogP contribution in [0.4, 0.5) is 11.5 Å². The quantitative estimate of drug-likeness (QED) is 0.877. The lowest BCUT2D eigenvalue weighted by molar-refractivity contribution is 0.102. The SMILES string of the molecule is CCOc1ccccc1NC(=O)c1cccc(NC)n1. The van der Waals surface area contributed by atoms with Gasteiger partial charge in [0.25, 0.3) is 5.91 Å². The number of ether oxygens (including phenoxy) is 1. The summed E-state index contributed by atoms with van der Waals surface area (Å²) in [5.74, 6) is 1.03. The maximum absolute atomic E-state index is 12.2. The smallest absolute Gasteiger partial charge is 0.274 e. The van der Waals surface area contributed by atoms with E-state index in [1.165, 1.54) is 0 Å². The molecule has 5 heteroatoms. The third kappa shape index (κ3) is 3.26. The van der Waals surface area contributed by atoms with Gasteiger partial charge >= 0.3 is 0 Å². The molecule has 0 saturated heterocycles. The van der Waals surface area contributed by atoms with Crippen LogP contribution in [-0.2, 0) is 0 Å². The van der Waals surface area contributed by atoms with E-state index in [0.29, 0.717) is 29.6 Å². The number of nitrogens with one attached hydrogen (secondary N) is 2. The second-order valence-corrected chi connectivity index (χ2v) is 4.04. The number of carbonyl (C=O) groups excluding carboxylic acids is 1. The van der Waals surface area contributed by atoms with Crippen molar-refractivity contribution in [1.29, 1.82) is 0 Å². The third-order valence-corrected chi connectivity index (χ3v) is 2.67. The van der Waals surface area contributed by atoms with Crippen LogP contribution >= 0.6 is 0 Å². The molecule has 0 spiro atoms. The van der Waals surface area contributed by atoms with Crippen molar-refractivity contribution >= 4 is 17.4 Å².